The minimum Gasteiger partial charge on any atom is -0.348 e. The van der Waals surface area contributed by atoms with Crippen molar-refractivity contribution in [1.29, 1.82) is 0 Å². The van der Waals surface area contributed by atoms with Crippen LogP contribution >= 0.6 is 0 Å². The summed E-state index contributed by atoms with van der Waals surface area (Å²) in [5.74, 6) is 0.210. The fourth-order valence-electron chi connectivity index (χ4n) is 2.45. The Labute approximate surface area is 112 Å². The second kappa shape index (κ2) is 7.74. The van der Waals surface area contributed by atoms with Gasteiger partial charge >= 0.3 is 0 Å². The smallest absolute Gasteiger partial charge is 0.236 e. The standard InChI is InChI=1S/C14H29N3O/c1-5-12(6-2)15-13-7-9-17(10-8-13)11-14(18)16(3)4/h12-13,15H,5-11H2,1-4H3. The molecule has 4 nitrogen and oxygen atoms in total. The first-order valence-corrected chi connectivity index (χ1v) is 7.25. The van der Waals surface area contributed by atoms with Gasteiger partial charge in [0.25, 0.3) is 0 Å². The second-order valence-corrected chi connectivity index (χ2v) is 5.52. The number of nitrogens with zero attached hydrogens (tertiary/aromatic N) is 2. The molecule has 0 saturated carbocycles. The van der Waals surface area contributed by atoms with Gasteiger partial charge in [0.2, 0.25) is 5.91 Å². The quantitative estimate of drug-likeness (QED) is 0.777. The van der Waals surface area contributed by atoms with Crippen LogP contribution in [0.1, 0.15) is 39.5 Å². The molecule has 18 heavy (non-hydrogen) atoms. The Bertz CT molecular complexity index is 243. The molecule has 1 aliphatic heterocycles. The molecule has 1 N–H and O–H groups in total. The maximum Gasteiger partial charge on any atom is 0.236 e. The molecule has 0 aromatic rings. The molecule has 1 fully saturated rings. The lowest BCUT2D eigenvalue weighted by atomic mass is 10.0. The van der Waals surface area contributed by atoms with Crippen LogP contribution in [-0.2, 0) is 4.79 Å². The van der Waals surface area contributed by atoms with Gasteiger partial charge in [-0.3, -0.25) is 9.69 Å². The molecule has 106 valence electrons. The van der Waals surface area contributed by atoms with Gasteiger partial charge in [-0.1, -0.05) is 13.8 Å². The van der Waals surface area contributed by atoms with E-state index in [9.17, 15) is 4.79 Å². The highest BCUT2D eigenvalue weighted by Gasteiger charge is 2.22. The minimum absolute atomic E-state index is 0.210. The van der Waals surface area contributed by atoms with E-state index in [-0.39, 0.29) is 5.91 Å². The van der Waals surface area contributed by atoms with Gasteiger partial charge < -0.3 is 10.2 Å². The third-order valence-electron chi connectivity index (χ3n) is 3.90. The largest absolute Gasteiger partial charge is 0.348 e. The van der Waals surface area contributed by atoms with E-state index in [1.165, 1.54) is 12.8 Å². The number of nitrogens with one attached hydrogen (secondary N) is 1. The zero-order valence-electron chi connectivity index (χ0n) is 12.4. The topological polar surface area (TPSA) is 35.6 Å². The van der Waals surface area contributed by atoms with Crippen LogP contribution in [0.3, 0.4) is 0 Å². The molecule has 1 saturated heterocycles. The second-order valence-electron chi connectivity index (χ2n) is 5.52. The number of hydrogen-bond acceptors (Lipinski definition) is 3. The lowest BCUT2D eigenvalue weighted by Gasteiger charge is -2.34. The summed E-state index contributed by atoms with van der Waals surface area (Å²) in [6.45, 7) is 7.14. The van der Waals surface area contributed by atoms with Gasteiger partial charge in [-0.2, -0.15) is 0 Å². The summed E-state index contributed by atoms with van der Waals surface area (Å²) in [5, 5.41) is 3.73. The molecule has 0 aliphatic carbocycles. The average Bonchev–Trinajstić information content (AvgIpc) is 2.37. The van der Waals surface area contributed by atoms with Gasteiger partial charge in [0.15, 0.2) is 0 Å². The molecule has 0 bridgehead atoms. The van der Waals surface area contributed by atoms with Crippen LogP contribution in [-0.4, -0.2) is 61.5 Å². The maximum absolute atomic E-state index is 11.6. The predicted molar refractivity (Wildman–Crippen MR) is 75.7 cm³/mol. The molecular formula is C14H29N3O. The van der Waals surface area contributed by atoms with Crippen molar-refractivity contribution in [3.63, 3.8) is 0 Å². The summed E-state index contributed by atoms with van der Waals surface area (Å²) in [4.78, 5) is 15.6. The van der Waals surface area contributed by atoms with Crippen molar-refractivity contribution >= 4 is 5.91 Å². The molecule has 0 unspecified atom stereocenters. The predicted octanol–water partition coefficient (Wildman–Crippen LogP) is 1.32. The van der Waals surface area contributed by atoms with Crippen molar-refractivity contribution < 1.29 is 4.79 Å². The third kappa shape index (κ3) is 4.94. The van der Waals surface area contributed by atoms with Crippen LogP contribution in [0, 0.1) is 0 Å². The van der Waals surface area contributed by atoms with E-state index in [1.54, 1.807) is 4.90 Å². The Morgan fingerprint density at radius 3 is 2.28 bits per heavy atom. The molecule has 4 heteroatoms. The van der Waals surface area contributed by atoms with Gasteiger partial charge in [-0.15, -0.1) is 0 Å². The van der Waals surface area contributed by atoms with Crippen molar-refractivity contribution in [1.82, 2.24) is 15.1 Å². The van der Waals surface area contributed by atoms with Crippen LogP contribution in [0.4, 0.5) is 0 Å². The minimum atomic E-state index is 0.210. The number of piperidine rings is 1. The van der Waals surface area contributed by atoms with Gasteiger partial charge in [0, 0.05) is 39.3 Å². The van der Waals surface area contributed by atoms with E-state index in [1.807, 2.05) is 14.1 Å². The number of amides is 1. The van der Waals surface area contributed by atoms with Crippen molar-refractivity contribution in [3.05, 3.63) is 0 Å². The van der Waals surface area contributed by atoms with Crippen LogP contribution < -0.4 is 5.32 Å². The third-order valence-corrected chi connectivity index (χ3v) is 3.90. The lowest BCUT2D eigenvalue weighted by molar-refractivity contribution is -0.130. The SMILES string of the molecule is CCC(CC)NC1CCN(CC(=O)N(C)C)CC1. The first-order chi connectivity index (χ1) is 8.56. The summed E-state index contributed by atoms with van der Waals surface area (Å²) < 4.78 is 0. The fourth-order valence-corrected chi connectivity index (χ4v) is 2.45. The lowest BCUT2D eigenvalue weighted by Crippen LogP contribution is -2.48. The molecule has 1 rings (SSSR count). The Morgan fingerprint density at radius 1 is 1.28 bits per heavy atom. The Hall–Kier alpha value is -0.610. The maximum atomic E-state index is 11.6. The zero-order chi connectivity index (χ0) is 13.5. The zero-order valence-corrected chi connectivity index (χ0v) is 12.4. The molecule has 0 spiro atoms. The van der Waals surface area contributed by atoms with Gasteiger partial charge in [-0.05, 0) is 25.7 Å². The Balaban J connectivity index is 2.26. The first kappa shape index (κ1) is 15.4. The summed E-state index contributed by atoms with van der Waals surface area (Å²) in [6, 6.07) is 1.30. The Morgan fingerprint density at radius 2 is 1.83 bits per heavy atom. The van der Waals surface area contributed by atoms with Crippen molar-refractivity contribution in [2.24, 2.45) is 0 Å². The highest BCUT2D eigenvalue weighted by atomic mass is 16.2. The summed E-state index contributed by atoms with van der Waals surface area (Å²) >= 11 is 0. The molecule has 1 amide bonds. The average molecular weight is 255 g/mol. The van der Waals surface area contributed by atoms with Crippen molar-refractivity contribution in [2.45, 2.75) is 51.6 Å². The number of carbonyl (C=O) groups is 1. The highest BCUT2D eigenvalue weighted by Crippen LogP contribution is 2.12. The van der Waals surface area contributed by atoms with Crippen LogP contribution in [0.25, 0.3) is 0 Å². The number of likely N-dealkylation sites (N-methyl/N-ethyl adjacent to an activating group) is 1. The van der Waals surface area contributed by atoms with E-state index < -0.39 is 0 Å². The number of likely N-dealkylation sites (tertiary alicyclic amines) is 1. The van der Waals surface area contributed by atoms with Crippen LogP contribution in [0.5, 0.6) is 0 Å². The molecule has 0 aromatic heterocycles. The van der Waals surface area contributed by atoms with E-state index >= 15 is 0 Å². The number of carbonyl (C=O) groups excluding carboxylic acids is 1. The summed E-state index contributed by atoms with van der Waals surface area (Å²) in [7, 11) is 3.65. The van der Waals surface area contributed by atoms with E-state index in [2.05, 4.69) is 24.1 Å². The summed E-state index contributed by atoms with van der Waals surface area (Å²) in [6.07, 6.45) is 4.74. The molecule has 1 heterocycles. The van der Waals surface area contributed by atoms with Crippen LogP contribution in [0.15, 0.2) is 0 Å². The highest BCUT2D eigenvalue weighted by molar-refractivity contribution is 5.77. The van der Waals surface area contributed by atoms with E-state index in [4.69, 9.17) is 0 Å². The van der Waals surface area contributed by atoms with Gasteiger partial charge in [0.1, 0.15) is 0 Å². The molecule has 0 radical (unpaired) electrons. The molecule has 0 atom stereocenters. The first-order valence-electron chi connectivity index (χ1n) is 7.25. The molecular weight excluding hydrogens is 226 g/mol. The number of rotatable bonds is 6. The van der Waals surface area contributed by atoms with Crippen molar-refractivity contribution in [2.75, 3.05) is 33.7 Å². The van der Waals surface area contributed by atoms with Crippen molar-refractivity contribution in [3.8, 4) is 0 Å². The molecule has 0 aromatic carbocycles. The normalized spacial score (nSPS) is 18.3. The summed E-state index contributed by atoms with van der Waals surface area (Å²) in [5.41, 5.74) is 0. The fraction of sp³-hybridized carbons (Fsp3) is 0.929. The molecule has 1 aliphatic rings. The monoisotopic (exact) mass is 255 g/mol. The Kier molecular flexibility index (Phi) is 6.65. The number of hydrogen-bond donors (Lipinski definition) is 1. The van der Waals surface area contributed by atoms with Gasteiger partial charge in [-0.25, -0.2) is 0 Å². The van der Waals surface area contributed by atoms with Gasteiger partial charge in [0.05, 0.1) is 6.54 Å². The van der Waals surface area contributed by atoms with Crippen LogP contribution in [0.2, 0.25) is 0 Å². The van der Waals surface area contributed by atoms with E-state index in [0.29, 0.717) is 18.6 Å². The van der Waals surface area contributed by atoms with E-state index in [0.717, 1.165) is 25.9 Å².